The number of rotatable bonds is 7. The molecule has 0 fully saturated rings. The van der Waals surface area contributed by atoms with Crippen molar-refractivity contribution in [1.29, 1.82) is 0 Å². The van der Waals surface area contributed by atoms with Crippen LogP contribution >= 0.6 is 11.3 Å². The molecule has 1 aliphatic rings. The largest absolute Gasteiger partial charge is 0.309 e. The summed E-state index contributed by atoms with van der Waals surface area (Å²) in [6, 6.07) is 87.5. The smallest absolute Gasteiger partial charge is 0.0714 e. The average Bonchev–Trinajstić information content (AvgIpc) is 3.87. The monoisotopic (exact) mass is 793 g/mol. The Morgan fingerprint density at radius 2 is 0.934 bits per heavy atom. The first kappa shape index (κ1) is 35.4. The minimum atomic E-state index is -0.535. The third kappa shape index (κ3) is 5.53. The zero-order chi connectivity index (χ0) is 40.3. The first-order chi connectivity index (χ1) is 30.3. The highest BCUT2D eigenvalue weighted by Crippen LogP contribution is 2.60. The number of anilines is 3. The van der Waals surface area contributed by atoms with Crippen molar-refractivity contribution in [3.63, 3.8) is 0 Å². The summed E-state index contributed by atoms with van der Waals surface area (Å²) in [4.78, 5) is 2.59. The molecule has 0 atom stereocenters. The second kappa shape index (κ2) is 14.3. The van der Waals surface area contributed by atoms with Crippen LogP contribution in [0.2, 0.25) is 0 Å². The molecule has 0 unspecified atom stereocenters. The summed E-state index contributed by atoms with van der Waals surface area (Å²) < 4.78 is 2.56. The fraction of sp³-hybridized carbons (Fsp3) is 0.0169. The SMILES string of the molecule is c1ccc(-c2ccc(-c3ccc4ccccc4c3)cc2N(c2cccc3c2-c2ccccc2C3(c2ccccc2)c2ccccc2)c2cccc3sc4ccccc4c23)cc1. The molecule has 1 aromatic heterocycles. The molecule has 12 rings (SSSR count). The maximum atomic E-state index is 2.59. The molecule has 286 valence electrons. The predicted molar refractivity (Wildman–Crippen MR) is 260 cm³/mol. The van der Waals surface area contributed by atoms with E-state index in [1.54, 1.807) is 0 Å². The molecule has 0 saturated carbocycles. The van der Waals surface area contributed by atoms with Crippen LogP contribution in [0, 0.1) is 0 Å². The topological polar surface area (TPSA) is 3.24 Å². The van der Waals surface area contributed by atoms with Gasteiger partial charge in [-0.3, -0.25) is 0 Å². The lowest BCUT2D eigenvalue weighted by atomic mass is 9.68. The summed E-state index contributed by atoms with van der Waals surface area (Å²) in [5, 5.41) is 5.00. The minimum absolute atomic E-state index is 0.535. The number of nitrogens with zero attached hydrogens (tertiary/aromatic N) is 1. The third-order valence-corrected chi connectivity index (χ3v) is 13.9. The molecule has 0 spiro atoms. The number of hydrogen-bond acceptors (Lipinski definition) is 2. The molecular formula is C59H39NS. The van der Waals surface area contributed by atoms with Gasteiger partial charge < -0.3 is 4.90 Å². The molecule has 0 aliphatic heterocycles. The minimum Gasteiger partial charge on any atom is -0.309 e. The highest BCUT2D eigenvalue weighted by molar-refractivity contribution is 7.26. The molecule has 11 aromatic rings. The van der Waals surface area contributed by atoms with Gasteiger partial charge >= 0.3 is 0 Å². The van der Waals surface area contributed by atoms with E-state index >= 15 is 0 Å². The van der Waals surface area contributed by atoms with Gasteiger partial charge in [-0.25, -0.2) is 0 Å². The highest BCUT2D eigenvalue weighted by Gasteiger charge is 2.47. The Morgan fingerprint density at radius 3 is 1.74 bits per heavy atom. The number of benzene rings is 10. The van der Waals surface area contributed by atoms with Gasteiger partial charge in [0.25, 0.3) is 0 Å². The van der Waals surface area contributed by atoms with Crippen LogP contribution in [-0.4, -0.2) is 0 Å². The van der Waals surface area contributed by atoms with Gasteiger partial charge in [0.05, 0.1) is 22.5 Å². The van der Waals surface area contributed by atoms with E-state index in [2.05, 4.69) is 241 Å². The van der Waals surface area contributed by atoms with Crippen LogP contribution in [0.25, 0.3) is 64.3 Å². The van der Waals surface area contributed by atoms with Gasteiger partial charge in [0.2, 0.25) is 0 Å². The van der Waals surface area contributed by atoms with Crippen molar-refractivity contribution in [1.82, 2.24) is 0 Å². The van der Waals surface area contributed by atoms with Gasteiger partial charge in [-0.15, -0.1) is 11.3 Å². The third-order valence-electron chi connectivity index (χ3n) is 12.7. The van der Waals surface area contributed by atoms with E-state index in [4.69, 9.17) is 0 Å². The fourth-order valence-electron chi connectivity index (χ4n) is 10.1. The lowest BCUT2D eigenvalue weighted by Crippen LogP contribution is -2.28. The first-order valence-electron chi connectivity index (χ1n) is 21.0. The Labute approximate surface area is 360 Å². The highest BCUT2D eigenvalue weighted by atomic mass is 32.1. The Balaban J connectivity index is 1.22. The van der Waals surface area contributed by atoms with Gasteiger partial charge in [-0.05, 0) is 91.7 Å². The molecule has 1 aliphatic carbocycles. The second-order valence-electron chi connectivity index (χ2n) is 16.0. The van der Waals surface area contributed by atoms with Crippen molar-refractivity contribution >= 4 is 59.3 Å². The zero-order valence-corrected chi connectivity index (χ0v) is 34.2. The van der Waals surface area contributed by atoms with E-state index in [1.807, 2.05) is 11.3 Å². The maximum absolute atomic E-state index is 2.59. The number of fused-ring (bicyclic) bond motifs is 7. The maximum Gasteiger partial charge on any atom is 0.0714 e. The van der Waals surface area contributed by atoms with Crippen molar-refractivity contribution in [3.8, 4) is 33.4 Å². The van der Waals surface area contributed by atoms with Crippen molar-refractivity contribution in [2.45, 2.75) is 5.41 Å². The van der Waals surface area contributed by atoms with Gasteiger partial charge in [0, 0.05) is 31.3 Å². The summed E-state index contributed by atoms with van der Waals surface area (Å²) in [6.07, 6.45) is 0. The predicted octanol–water partition coefficient (Wildman–Crippen LogP) is 16.4. The van der Waals surface area contributed by atoms with Gasteiger partial charge in [-0.1, -0.05) is 200 Å². The molecule has 2 heteroatoms. The van der Waals surface area contributed by atoms with Crippen LogP contribution < -0.4 is 4.90 Å². The summed E-state index contributed by atoms with van der Waals surface area (Å²) in [7, 11) is 0. The van der Waals surface area contributed by atoms with Crippen LogP contribution in [0.1, 0.15) is 22.3 Å². The number of thiophene rings is 1. The van der Waals surface area contributed by atoms with E-state index in [1.165, 1.54) is 86.6 Å². The molecule has 1 heterocycles. The van der Waals surface area contributed by atoms with Gasteiger partial charge in [-0.2, -0.15) is 0 Å². The van der Waals surface area contributed by atoms with Crippen LogP contribution in [0.4, 0.5) is 17.1 Å². The summed E-state index contributed by atoms with van der Waals surface area (Å²) in [6.45, 7) is 0. The second-order valence-corrected chi connectivity index (χ2v) is 17.1. The van der Waals surface area contributed by atoms with Gasteiger partial charge in [0.15, 0.2) is 0 Å². The summed E-state index contributed by atoms with van der Waals surface area (Å²) in [5.74, 6) is 0. The summed E-state index contributed by atoms with van der Waals surface area (Å²) in [5.41, 5.74) is 15.2. The van der Waals surface area contributed by atoms with E-state index in [-0.39, 0.29) is 0 Å². The molecule has 0 bridgehead atoms. The molecular weight excluding hydrogens is 755 g/mol. The van der Waals surface area contributed by atoms with E-state index in [0.29, 0.717) is 0 Å². The lowest BCUT2D eigenvalue weighted by molar-refractivity contribution is 0.768. The van der Waals surface area contributed by atoms with Crippen molar-refractivity contribution in [3.05, 3.63) is 259 Å². The van der Waals surface area contributed by atoms with Crippen LogP contribution in [-0.2, 0) is 5.41 Å². The molecule has 0 N–H and O–H groups in total. The lowest BCUT2D eigenvalue weighted by Gasteiger charge is -2.35. The van der Waals surface area contributed by atoms with Crippen molar-refractivity contribution in [2.24, 2.45) is 0 Å². The Kier molecular flexibility index (Phi) is 8.33. The average molecular weight is 794 g/mol. The van der Waals surface area contributed by atoms with Crippen LogP contribution in [0.5, 0.6) is 0 Å². The molecule has 0 radical (unpaired) electrons. The first-order valence-corrected chi connectivity index (χ1v) is 21.8. The molecule has 0 amide bonds. The van der Waals surface area contributed by atoms with Crippen LogP contribution in [0.3, 0.4) is 0 Å². The van der Waals surface area contributed by atoms with E-state index in [0.717, 1.165) is 17.1 Å². The van der Waals surface area contributed by atoms with E-state index < -0.39 is 5.41 Å². The fourth-order valence-corrected chi connectivity index (χ4v) is 11.2. The van der Waals surface area contributed by atoms with Gasteiger partial charge in [0.1, 0.15) is 0 Å². The Morgan fingerprint density at radius 1 is 0.344 bits per heavy atom. The summed E-state index contributed by atoms with van der Waals surface area (Å²) >= 11 is 1.87. The molecule has 1 nitrogen and oxygen atoms in total. The number of hydrogen-bond donors (Lipinski definition) is 0. The zero-order valence-electron chi connectivity index (χ0n) is 33.4. The van der Waals surface area contributed by atoms with Crippen molar-refractivity contribution < 1.29 is 0 Å². The van der Waals surface area contributed by atoms with Crippen molar-refractivity contribution in [2.75, 3.05) is 4.90 Å². The van der Waals surface area contributed by atoms with E-state index in [9.17, 15) is 0 Å². The molecule has 10 aromatic carbocycles. The Bertz CT molecular complexity index is 3380. The standard InChI is InChI=1S/C59H39NS/c1-4-19-41(20-5-1)47-37-36-44(43-35-34-40-18-10-11-21-42(40)38-43)39-54(47)60(53-31-17-33-56-58(53)49-27-13-15-32-55(49)61-56)52-30-16-29-51-57(52)48-26-12-14-28-50(48)59(51,45-22-6-2-7-23-45)46-24-8-3-9-25-46/h1-39H. The normalized spacial score (nSPS) is 12.7. The van der Waals surface area contributed by atoms with Crippen LogP contribution in [0.15, 0.2) is 237 Å². The quantitative estimate of drug-likeness (QED) is 0.155. The molecule has 0 saturated heterocycles. The molecule has 61 heavy (non-hydrogen) atoms. The Hall–Kier alpha value is -7.52.